The first kappa shape index (κ1) is 18.5. The van der Waals surface area contributed by atoms with Crippen molar-refractivity contribution in [2.45, 2.75) is 23.9 Å². The van der Waals surface area contributed by atoms with E-state index in [4.69, 9.17) is 4.74 Å². The minimum absolute atomic E-state index is 0.0134. The summed E-state index contributed by atoms with van der Waals surface area (Å²) in [5, 5.41) is 0.238. The lowest BCUT2D eigenvalue weighted by Crippen LogP contribution is -2.15. The fourth-order valence-electron chi connectivity index (χ4n) is 2.49. The number of nitrogens with zero attached hydrogens (tertiary/aromatic N) is 2. The number of aromatic nitrogens is 2. The van der Waals surface area contributed by atoms with Crippen LogP contribution in [0, 0.1) is 6.92 Å². The van der Waals surface area contributed by atoms with Crippen LogP contribution in [0.2, 0.25) is 0 Å². The van der Waals surface area contributed by atoms with Gasteiger partial charge in [0.05, 0.1) is 28.3 Å². The molecule has 0 aliphatic heterocycles. The highest BCUT2D eigenvalue weighted by Crippen LogP contribution is 2.29. The summed E-state index contributed by atoms with van der Waals surface area (Å²) in [6, 6.07) is 13.6. The van der Waals surface area contributed by atoms with E-state index in [1.165, 1.54) is 16.1 Å². The minimum Gasteiger partial charge on any atom is -0.465 e. The van der Waals surface area contributed by atoms with E-state index in [-0.39, 0.29) is 22.4 Å². The maximum absolute atomic E-state index is 13.2. The van der Waals surface area contributed by atoms with Crippen molar-refractivity contribution in [3.8, 4) is 0 Å². The van der Waals surface area contributed by atoms with Gasteiger partial charge < -0.3 is 4.74 Å². The zero-order valence-electron chi connectivity index (χ0n) is 14.4. The third-order valence-corrected chi connectivity index (χ3v) is 6.39. The van der Waals surface area contributed by atoms with E-state index in [0.717, 1.165) is 17.3 Å². The van der Waals surface area contributed by atoms with Gasteiger partial charge in [-0.1, -0.05) is 36.0 Å². The highest BCUT2D eigenvalue weighted by Gasteiger charge is 2.25. The molecule has 0 aliphatic carbocycles. The second-order valence-corrected chi connectivity index (χ2v) is 8.29. The molecule has 0 fully saturated rings. The number of fused-ring (bicyclic) bond motifs is 1. The van der Waals surface area contributed by atoms with Gasteiger partial charge in [-0.3, -0.25) is 4.79 Å². The number of hydrogen-bond donors (Lipinski definition) is 0. The number of carbonyl (C=O) groups is 1. The molecule has 6 nitrogen and oxygen atoms in total. The van der Waals surface area contributed by atoms with Crippen LogP contribution in [0.1, 0.15) is 12.5 Å². The lowest BCUT2D eigenvalue weighted by Gasteiger charge is -2.10. The second-order valence-electron chi connectivity index (χ2n) is 5.56. The summed E-state index contributed by atoms with van der Waals surface area (Å²) in [4.78, 5) is 16.3. The average molecular weight is 390 g/mol. The van der Waals surface area contributed by atoms with Crippen LogP contribution in [-0.4, -0.2) is 35.7 Å². The predicted octanol–water partition coefficient (Wildman–Crippen LogP) is 3.24. The Kier molecular flexibility index (Phi) is 5.33. The number of aryl methyl sites for hydroxylation is 1. The van der Waals surface area contributed by atoms with Gasteiger partial charge in [0, 0.05) is 0 Å². The molecule has 26 heavy (non-hydrogen) atoms. The Morgan fingerprint density at radius 1 is 1.19 bits per heavy atom. The molecule has 3 rings (SSSR count). The van der Waals surface area contributed by atoms with Crippen molar-refractivity contribution < 1.29 is 17.9 Å². The number of rotatable bonds is 6. The molecular weight excluding hydrogens is 372 g/mol. The number of ether oxygens (including phenoxy) is 1. The molecule has 0 amide bonds. The molecule has 0 saturated carbocycles. The van der Waals surface area contributed by atoms with Crippen molar-refractivity contribution in [3.63, 3.8) is 0 Å². The van der Waals surface area contributed by atoms with E-state index in [0.29, 0.717) is 11.0 Å². The van der Waals surface area contributed by atoms with Crippen molar-refractivity contribution in [3.05, 3.63) is 54.1 Å². The van der Waals surface area contributed by atoms with Gasteiger partial charge >= 0.3 is 5.97 Å². The molecule has 0 aliphatic rings. The van der Waals surface area contributed by atoms with Crippen LogP contribution >= 0.6 is 11.8 Å². The molecule has 1 heterocycles. The molecule has 0 N–H and O–H groups in total. The smallest absolute Gasteiger partial charge is 0.316 e. The van der Waals surface area contributed by atoms with Gasteiger partial charge in [-0.15, -0.1) is 0 Å². The maximum Gasteiger partial charge on any atom is 0.316 e. The zero-order valence-corrected chi connectivity index (χ0v) is 16.0. The Balaban J connectivity index is 2.13. The SMILES string of the molecule is CCOC(=O)CSc1nc2ccc(C)cc2n1S(=O)(=O)c1ccccc1. The van der Waals surface area contributed by atoms with Gasteiger partial charge in [-0.05, 0) is 43.7 Å². The molecule has 1 aromatic heterocycles. The van der Waals surface area contributed by atoms with Crippen molar-refractivity contribution in [2.75, 3.05) is 12.4 Å². The molecule has 2 aromatic carbocycles. The summed E-state index contributed by atoms with van der Waals surface area (Å²) in [7, 11) is -3.85. The average Bonchev–Trinajstić information content (AvgIpc) is 2.99. The topological polar surface area (TPSA) is 78.3 Å². The molecule has 0 spiro atoms. The molecule has 0 radical (unpaired) electrons. The third kappa shape index (κ3) is 3.61. The fraction of sp³-hybridized carbons (Fsp3) is 0.222. The second kappa shape index (κ2) is 7.51. The van der Waals surface area contributed by atoms with E-state index >= 15 is 0 Å². The molecule has 3 aromatic rings. The van der Waals surface area contributed by atoms with Gasteiger partial charge in [0.2, 0.25) is 0 Å². The largest absolute Gasteiger partial charge is 0.465 e. The van der Waals surface area contributed by atoms with E-state index in [9.17, 15) is 13.2 Å². The number of carbonyl (C=O) groups excluding carboxylic acids is 1. The van der Waals surface area contributed by atoms with E-state index in [1.807, 2.05) is 13.0 Å². The van der Waals surface area contributed by atoms with Crippen molar-refractivity contribution in [2.24, 2.45) is 0 Å². The number of hydrogen-bond acceptors (Lipinski definition) is 6. The Labute approximate surface area is 156 Å². The van der Waals surface area contributed by atoms with Crippen molar-refractivity contribution in [1.29, 1.82) is 0 Å². The monoisotopic (exact) mass is 390 g/mol. The highest BCUT2D eigenvalue weighted by atomic mass is 32.2. The number of esters is 1. The molecule has 0 saturated heterocycles. The van der Waals surface area contributed by atoms with E-state index < -0.39 is 16.0 Å². The van der Waals surface area contributed by atoms with Crippen LogP contribution < -0.4 is 0 Å². The molecular formula is C18H18N2O4S2. The lowest BCUT2D eigenvalue weighted by atomic mass is 10.2. The van der Waals surface area contributed by atoms with Gasteiger partial charge in [0.25, 0.3) is 10.0 Å². The summed E-state index contributed by atoms with van der Waals surface area (Å²) in [6.45, 7) is 3.88. The number of benzene rings is 2. The van der Waals surface area contributed by atoms with Gasteiger partial charge in [0.1, 0.15) is 0 Å². The first-order chi connectivity index (χ1) is 12.4. The van der Waals surface area contributed by atoms with E-state index in [2.05, 4.69) is 4.98 Å². The van der Waals surface area contributed by atoms with Gasteiger partial charge in [-0.2, -0.15) is 0 Å². The van der Waals surface area contributed by atoms with Crippen molar-refractivity contribution >= 4 is 38.8 Å². The quantitative estimate of drug-likeness (QED) is 0.475. The van der Waals surface area contributed by atoms with E-state index in [1.54, 1.807) is 37.3 Å². The van der Waals surface area contributed by atoms with Crippen LogP contribution in [0.4, 0.5) is 0 Å². The number of thioether (sulfide) groups is 1. The van der Waals surface area contributed by atoms with Crippen LogP contribution in [0.25, 0.3) is 11.0 Å². The Morgan fingerprint density at radius 3 is 2.62 bits per heavy atom. The summed E-state index contributed by atoms with van der Waals surface area (Å²) >= 11 is 1.05. The first-order valence-electron chi connectivity index (χ1n) is 8.01. The van der Waals surface area contributed by atoms with Crippen LogP contribution in [0.3, 0.4) is 0 Å². The minimum atomic E-state index is -3.85. The molecule has 8 heteroatoms. The normalized spacial score (nSPS) is 11.6. The highest BCUT2D eigenvalue weighted by molar-refractivity contribution is 8.00. The first-order valence-corrected chi connectivity index (χ1v) is 10.4. The van der Waals surface area contributed by atoms with Crippen LogP contribution in [0.15, 0.2) is 58.6 Å². The Bertz CT molecular complexity index is 1040. The summed E-state index contributed by atoms with van der Waals surface area (Å²) < 4.78 is 32.5. The lowest BCUT2D eigenvalue weighted by molar-refractivity contribution is -0.139. The van der Waals surface area contributed by atoms with Gasteiger partial charge in [-0.25, -0.2) is 17.4 Å². The predicted molar refractivity (Wildman–Crippen MR) is 101 cm³/mol. The molecule has 136 valence electrons. The van der Waals surface area contributed by atoms with Crippen LogP contribution in [0.5, 0.6) is 0 Å². The summed E-state index contributed by atoms with van der Waals surface area (Å²) in [5.74, 6) is -0.426. The Morgan fingerprint density at radius 2 is 1.92 bits per heavy atom. The molecule has 0 unspecified atom stereocenters. The van der Waals surface area contributed by atoms with Crippen LogP contribution in [-0.2, 0) is 19.6 Å². The summed E-state index contributed by atoms with van der Waals surface area (Å²) in [5.41, 5.74) is 1.96. The number of imidazole rings is 1. The molecule has 0 bridgehead atoms. The summed E-state index contributed by atoms with van der Waals surface area (Å²) in [6.07, 6.45) is 0. The fourth-order valence-corrected chi connectivity index (χ4v) is 5.01. The third-order valence-electron chi connectivity index (χ3n) is 3.65. The maximum atomic E-state index is 13.2. The Hall–Kier alpha value is -2.32. The zero-order chi connectivity index (χ0) is 18.7. The van der Waals surface area contributed by atoms with Gasteiger partial charge in [0.15, 0.2) is 5.16 Å². The standard InChI is InChI=1S/C18H18N2O4S2/c1-3-24-17(21)12-25-18-19-15-10-9-13(2)11-16(15)20(18)26(22,23)14-7-5-4-6-8-14/h4-11H,3,12H2,1-2H3. The van der Waals surface area contributed by atoms with Crippen molar-refractivity contribution in [1.82, 2.24) is 8.96 Å². The molecule has 0 atom stereocenters.